The Morgan fingerprint density at radius 1 is 0.250 bits per heavy atom. The van der Waals surface area contributed by atoms with Crippen LogP contribution in [0.5, 0.6) is 0 Å². The second-order valence-electron chi connectivity index (χ2n) is 16.8. The molecule has 0 saturated carbocycles. The molecule has 0 aliphatic carbocycles. The van der Waals surface area contributed by atoms with Gasteiger partial charge in [0.15, 0.2) is 8.07 Å². The van der Waals surface area contributed by atoms with Gasteiger partial charge in [0.25, 0.3) is 0 Å². The van der Waals surface area contributed by atoms with Gasteiger partial charge in [-0.15, -0.1) is 0 Å². The molecule has 0 spiro atoms. The van der Waals surface area contributed by atoms with Crippen molar-refractivity contribution in [2.45, 2.75) is 0 Å². The Kier molecular flexibility index (Phi) is 8.23. The molecule has 0 bridgehead atoms. The fourth-order valence-corrected chi connectivity index (χ4v) is 16.0. The highest BCUT2D eigenvalue weighted by Crippen LogP contribution is 2.43. The summed E-state index contributed by atoms with van der Waals surface area (Å²) in [6.07, 6.45) is 0. The largest absolute Gasteiger partial charge is 0.309 e. The van der Waals surface area contributed by atoms with Crippen LogP contribution in [0.25, 0.3) is 82.5 Å². The molecule has 0 aliphatic heterocycles. The van der Waals surface area contributed by atoms with Gasteiger partial charge >= 0.3 is 0 Å². The van der Waals surface area contributed by atoms with Crippen molar-refractivity contribution >= 4 is 94.2 Å². The van der Waals surface area contributed by atoms with Crippen LogP contribution in [-0.4, -0.2) is 21.8 Å². The number of hydrogen-bond donors (Lipinski definition) is 0. The lowest BCUT2D eigenvalue weighted by atomic mass is 10.1. The molecule has 13 aromatic rings. The maximum Gasteiger partial charge on any atom is 0.181 e. The minimum absolute atomic E-state index is 1.14. The summed E-state index contributed by atoms with van der Waals surface area (Å²) in [7, 11) is -3.10. The van der Waals surface area contributed by atoms with Gasteiger partial charge in [0.1, 0.15) is 0 Å². The zero-order valence-corrected chi connectivity index (χ0v) is 36.0. The Bertz CT molecular complexity index is 3770. The molecule has 0 N–H and O–H groups in total. The Morgan fingerprint density at radius 3 is 1.19 bits per heavy atom. The summed E-state index contributed by atoms with van der Waals surface area (Å²) in [4.78, 5) is 0. The Morgan fingerprint density at radius 2 is 0.641 bits per heavy atom. The molecule has 0 aliphatic rings. The van der Waals surface area contributed by atoms with E-state index in [0.717, 1.165) is 17.1 Å². The normalized spacial score (nSPS) is 12.1. The molecular weight excluding hydrogens is 791 g/mol. The molecule has 0 amide bonds. The molecule has 3 nitrogen and oxygen atoms in total. The van der Waals surface area contributed by atoms with Crippen LogP contribution in [0.1, 0.15) is 0 Å². The number of nitrogens with zero attached hydrogens (tertiary/aromatic N) is 3. The smallest absolute Gasteiger partial charge is 0.181 e. The summed E-state index contributed by atoms with van der Waals surface area (Å²) >= 11 is 0. The highest BCUT2D eigenvalue weighted by atomic mass is 28.3. The zero-order chi connectivity index (χ0) is 42.2. The van der Waals surface area contributed by atoms with E-state index in [1.807, 2.05) is 0 Å². The Labute approximate surface area is 372 Å². The molecule has 3 heterocycles. The van der Waals surface area contributed by atoms with Gasteiger partial charge in [0.05, 0.1) is 33.1 Å². The van der Waals surface area contributed by atoms with Crippen LogP contribution in [0.3, 0.4) is 0 Å². The minimum atomic E-state index is -3.10. The van der Waals surface area contributed by atoms with Gasteiger partial charge in [-0.05, 0) is 87.5 Å². The van der Waals surface area contributed by atoms with Crippen LogP contribution in [0.4, 0.5) is 0 Å². The fourth-order valence-electron chi connectivity index (χ4n) is 11.0. The molecule has 64 heavy (non-hydrogen) atoms. The maximum absolute atomic E-state index is 3.10. The third kappa shape index (κ3) is 5.21. The Balaban J connectivity index is 1.26. The first-order chi connectivity index (χ1) is 31.8. The third-order valence-corrected chi connectivity index (χ3v) is 18.3. The van der Waals surface area contributed by atoms with Gasteiger partial charge in [0, 0.05) is 49.4 Å². The topological polar surface area (TPSA) is 14.8 Å². The molecular formula is C60H41N3Si. The van der Waals surface area contributed by atoms with Crippen LogP contribution in [0.15, 0.2) is 249 Å². The lowest BCUT2D eigenvalue weighted by molar-refractivity contribution is 1.17. The maximum atomic E-state index is 2.61. The van der Waals surface area contributed by atoms with Gasteiger partial charge in [0.2, 0.25) is 0 Å². The summed E-state index contributed by atoms with van der Waals surface area (Å²) in [5.41, 5.74) is 10.7. The second kappa shape index (κ2) is 14.5. The molecule has 0 fully saturated rings. The number of rotatable bonds is 7. The molecule has 4 heteroatoms. The second-order valence-corrected chi connectivity index (χ2v) is 20.6. The predicted molar refractivity (Wildman–Crippen MR) is 273 cm³/mol. The van der Waals surface area contributed by atoms with Crippen molar-refractivity contribution in [3.8, 4) is 17.1 Å². The van der Waals surface area contributed by atoms with E-state index in [1.54, 1.807) is 0 Å². The van der Waals surface area contributed by atoms with Crippen LogP contribution >= 0.6 is 0 Å². The number of fused-ring (bicyclic) bond motifs is 10. The van der Waals surface area contributed by atoms with Gasteiger partial charge in [-0.25, -0.2) is 0 Å². The van der Waals surface area contributed by atoms with E-state index in [2.05, 4.69) is 262 Å². The van der Waals surface area contributed by atoms with Crippen molar-refractivity contribution in [1.29, 1.82) is 0 Å². The summed E-state index contributed by atoms with van der Waals surface area (Å²) in [5.74, 6) is 0. The highest BCUT2D eigenvalue weighted by Gasteiger charge is 2.44. The van der Waals surface area contributed by atoms with E-state index in [-0.39, 0.29) is 0 Å². The molecule has 300 valence electrons. The van der Waals surface area contributed by atoms with E-state index < -0.39 is 8.07 Å². The molecule has 13 rings (SSSR count). The van der Waals surface area contributed by atoms with Gasteiger partial charge in [-0.3, -0.25) is 0 Å². The van der Waals surface area contributed by atoms with Crippen LogP contribution < -0.4 is 20.7 Å². The molecule has 0 atom stereocenters. The summed E-state index contributed by atoms with van der Waals surface area (Å²) < 4.78 is 7.53. The van der Waals surface area contributed by atoms with Crippen molar-refractivity contribution < 1.29 is 0 Å². The van der Waals surface area contributed by atoms with E-state index >= 15 is 0 Å². The highest BCUT2D eigenvalue weighted by molar-refractivity contribution is 7.20. The van der Waals surface area contributed by atoms with Gasteiger partial charge in [-0.1, -0.05) is 182 Å². The van der Waals surface area contributed by atoms with Crippen molar-refractivity contribution in [3.63, 3.8) is 0 Å². The van der Waals surface area contributed by atoms with E-state index in [9.17, 15) is 0 Å². The Hall–Kier alpha value is -8.18. The molecule has 0 radical (unpaired) electrons. The third-order valence-electron chi connectivity index (χ3n) is 13.5. The van der Waals surface area contributed by atoms with Crippen LogP contribution in [-0.2, 0) is 0 Å². The van der Waals surface area contributed by atoms with Crippen LogP contribution in [0.2, 0.25) is 0 Å². The standard InChI is InChI=1S/C60H41N3Si/c1-6-22-42(23-7-1)61-53-35-19-16-32-48(53)51-40-44(38-39-56(51)61)63-54-36-20-17-33-49(54)52-41-57(60-58(59(52)63)50-34-18-21-37-55(50)62(60)43-24-8-2-9-25-43)64(45-26-10-3-11-27-45,46-28-12-4-13-29-46)47-30-14-5-15-31-47/h1-41H. The summed E-state index contributed by atoms with van der Waals surface area (Å²) in [5, 5.41) is 12.9. The number of para-hydroxylation sites is 5. The minimum Gasteiger partial charge on any atom is -0.309 e. The van der Waals surface area contributed by atoms with Crippen LogP contribution in [0, 0.1) is 0 Å². The first-order valence-electron chi connectivity index (χ1n) is 22.1. The fraction of sp³-hybridized carbons (Fsp3) is 0. The number of aromatic nitrogens is 3. The molecule has 3 aromatic heterocycles. The quantitative estimate of drug-likeness (QED) is 0.112. The van der Waals surface area contributed by atoms with Gasteiger partial charge < -0.3 is 13.7 Å². The summed E-state index contributed by atoms with van der Waals surface area (Å²) in [6, 6.07) is 92.4. The lowest BCUT2D eigenvalue weighted by Crippen LogP contribution is -2.75. The first kappa shape index (κ1) is 36.5. The molecule has 10 aromatic carbocycles. The number of hydrogen-bond acceptors (Lipinski definition) is 0. The van der Waals surface area contributed by atoms with Crippen molar-refractivity contribution in [1.82, 2.24) is 13.7 Å². The van der Waals surface area contributed by atoms with Crippen molar-refractivity contribution in [3.05, 3.63) is 249 Å². The van der Waals surface area contributed by atoms with Gasteiger partial charge in [-0.2, -0.15) is 0 Å². The SMILES string of the molecule is c1ccc(-n2c3ccccc3c3cc(-n4c5ccccc5c5cc([Si](c6ccccc6)(c6ccccc6)c6ccccc6)c6c(c7ccccc7n6-c6ccccc6)c54)ccc32)cc1. The van der Waals surface area contributed by atoms with Crippen molar-refractivity contribution in [2.24, 2.45) is 0 Å². The van der Waals surface area contributed by atoms with E-state index in [4.69, 9.17) is 0 Å². The lowest BCUT2D eigenvalue weighted by Gasteiger charge is -2.35. The first-order valence-corrected chi connectivity index (χ1v) is 24.1. The average Bonchev–Trinajstić information content (AvgIpc) is 4.01. The molecule has 0 saturated heterocycles. The average molecular weight is 832 g/mol. The predicted octanol–water partition coefficient (Wildman–Crippen LogP) is 12.4. The van der Waals surface area contributed by atoms with Crippen molar-refractivity contribution in [2.75, 3.05) is 0 Å². The van der Waals surface area contributed by atoms with E-state index in [0.29, 0.717) is 0 Å². The zero-order valence-electron chi connectivity index (χ0n) is 35.0. The van der Waals surface area contributed by atoms with E-state index in [1.165, 1.54) is 86.2 Å². The summed E-state index contributed by atoms with van der Waals surface area (Å²) in [6.45, 7) is 0. The monoisotopic (exact) mass is 831 g/mol. The number of benzene rings is 10. The molecule has 0 unspecified atom stereocenters.